The summed E-state index contributed by atoms with van der Waals surface area (Å²) in [5.41, 5.74) is 0. The number of hydrogen-bond acceptors (Lipinski definition) is 6. The van der Waals surface area contributed by atoms with Gasteiger partial charge in [-0.05, 0) is 33.1 Å². The minimum absolute atomic E-state index is 0.173. The Bertz CT molecular complexity index is 427. The SMILES string of the molecule is C/C=C/CC(CO)NC1CCN(c2nnc(C)s2)CC1. The molecule has 1 aliphatic rings. The van der Waals surface area contributed by atoms with Gasteiger partial charge in [0.05, 0.1) is 6.61 Å². The lowest BCUT2D eigenvalue weighted by Crippen LogP contribution is -2.47. The van der Waals surface area contributed by atoms with Gasteiger partial charge < -0.3 is 15.3 Å². The van der Waals surface area contributed by atoms with E-state index >= 15 is 0 Å². The zero-order valence-electron chi connectivity index (χ0n) is 12.2. The van der Waals surface area contributed by atoms with Crippen molar-refractivity contribution in [2.24, 2.45) is 0 Å². The van der Waals surface area contributed by atoms with Gasteiger partial charge in [-0.25, -0.2) is 0 Å². The molecule has 2 heterocycles. The molecule has 2 N–H and O–H groups in total. The summed E-state index contributed by atoms with van der Waals surface area (Å²) in [5.74, 6) is 0. The van der Waals surface area contributed by atoms with E-state index in [0.29, 0.717) is 6.04 Å². The third-order valence-corrected chi connectivity index (χ3v) is 4.53. The Hall–Kier alpha value is -0.980. The molecule has 20 heavy (non-hydrogen) atoms. The molecule has 5 nitrogen and oxygen atoms in total. The highest BCUT2D eigenvalue weighted by Gasteiger charge is 2.22. The van der Waals surface area contributed by atoms with Crippen LogP contribution in [0.4, 0.5) is 5.13 Å². The number of anilines is 1. The van der Waals surface area contributed by atoms with Crippen molar-refractivity contribution in [3.05, 3.63) is 17.2 Å². The highest BCUT2D eigenvalue weighted by Crippen LogP contribution is 2.23. The van der Waals surface area contributed by atoms with Crippen molar-refractivity contribution in [1.82, 2.24) is 15.5 Å². The quantitative estimate of drug-likeness (QED) is 0.783. The fourth-order valence-corrected chi connectivity index (χ4v) is 3.22. The number of aromatic nitrogens is 2. The van der Waals surface area contributed by atoms with E-state index in [1.54, 1.807) is 11.3 Å². The molecule has 1 aliphatic heterocycles. The van der Waals surface area contributed by atoms with Gasteiger partial charge >= 0.3 is 0 Å². The lowest BCUT2D eigenvalue weighted by Gasteiger charge is -2.33. The maximum Gasteiger partial charge on any atom is 0.208 e. The van der Waals surface area contributed by atoms with E-state index in [2.05, 4.69) is 26.5 Å². The molecule has 1 aromatic heterocycles. The van der Waals surface area contributed by atoms with Gasteiger partial charge in [-0.3, -0.25) is 0 Å². The fourth-order valence-electron chi connectivity index (χ4n) is 2.48. The number of nitrogens with one attached hydrogen (secondary N) is 1. The molecule has 0 aromatic carbocycles. The Kier molecular flexibility index (Phi) is 5.94. The molecule has 0 bridgehead atoms. The number of piperidine rings is 1. The number of rotatable bonds is 6. The smallest absolute Gasteiger partial charge is 0.208 e. The van der Waals surface area contributed by atoms with E-state index in [-0.39, 0.29) is 12.6 Å². The summed E-state index contributed by atoms with van der Waals surface area (Å²) < 4.78 is 0. The maximum absolute atomic E-state index is 9.39. The summed E-state index contributed by atoms with van der Waals surface area (Å²) in [4.78, 5) is 2.31. The predicted octanol–water partition coefficient (Wildman–Crippen LogP) is 1.73. The molecule has 0 aliphatic carbocycles. The first-order valence-electron chi connectivity index (χ1n) is 7.26. The minimum atomic E-state index is 0.173. The van der Waals surface area contributed by atoms with Gasteiger partial charge in [0.2, 0.25) is 5.13 Å². The van der Waals surface area contributed by atoms with Gasteiger partial charge in [0.25, 0.3) is 0 Å². The summed E-state index contributed by atoms with van der Waals surface area (Å²) in [6, 6.07) is 0.661. The first kappa shape index (κ1) is 15.4. The normalized spacial score (nSPS) is 18.9. The molecule has 0 radical (unpaired) electrons. The largest absolute Gasteiger partial charge is 0.395 e. The van der Waals surface area contributed by atoms with E-state index in [0.717, 1.165) is 42.5 Å². The van der Waals surface area contributed by atoms with Gasteiger partial charge in [-0.15, -0.1) is 10.2 Å². The Balaban J connectivity index is 1.78. The third-order valence-electron chi connectivity index (χ3n) is 3.63. The lowest BCUT2D eigenvalue weighted by molar-refractivity contribution is 0.224. The van der Waals surface area contributed by atoms with Crippen LogP contribution < -0.4 is 10.2 Å². The van der Waals surface area contributed by atoms with E-state index in [1.807, 2.05) is 19.9 Å². The van der Waals surface area contributed by atoms with Gasteiger partial charge in [-0.2, -0.15) is 0 Å². The molecule has 0 saturated carbocycles. The first-order valence-corrected chi connectivity index (χ1v) is 8.07. The van der Waals surface area contributed by atoms with E-state index in [4.69, 9.17) is 0 Å². The molecule has 1 fully saturated rings. The number of hydrogen-bond donors (Lipinski definition) is 2. The van der Waals surface area contributed by atoms with Crippen LogP contribution in [0.5, 0.6) is 0 Å². The number of nitrogens with zero attached hydrogens (tertiary/aromatic N) is 3. The highest BCUT2D eigenvalue weighted by molar-refractivity contribution is 7.15. The van der Waals surface area contributed by atoms with Crippen LogP contribution in [0.2, 0.25) is 0 Å². The Labute approximate surface area is 124 Å². The monoisotopic (exact) mass is 296 g/mol. The van der Waals surface area contributed by atoms with E-state index < -0.39 is 0 Å². The van der Waals surface area contributed by atoms with Crippen LogP contribution in [0.3, 0.4) is 0 Å². The molecular weight excluding hydrogens is 272 g/mol. The Morgan fingerprint density at radius 1 is 1.45 bits per heavy atom. The molecular formula is C14H24N4OS. The summed E-state index contributed by atoms with van der Waals surface area (Å²) >= 11 is 1.66. The third kappa shape index (κ3) is 4.26. The first-order chi connectivity index (χ1) is 9.72. The molecule has 1 atom stereocenters. The fraction of sp³-hybridized carbons (Fsp3) is 0.714. The van der Waals surface area contributed by atoms with Gasteiger partial charge in [0.1, 0.15) is 5.01 Å². The number of allylic oxidation sites excluding steroid dienone is 1. The van der Waals surface area contributed by atoms with Crippen LogP contribution in [-0.4, -0.2) is 47.1 Å². The molecule has 6 heteroatoms. The number of aliphatic hydroxyl groups excluding tert-OH is 1. The Morgan fingerprint density at radius 3 is 2.75 bits per heavy atom. The minimum Gasteiger partial charge on any atom is -0.395 e. The molecule has 1 saturated heterocycles. The zero-order valence-corrected chi connectivity index (χ0v) is 13.1. The molecule has 0 amide bonds. The van der Waals surface area contributed by atoms with Crippen molar-refractivity contribution in [3.8, 4) is 0 Å². The lowest BCUT2D eigenvalue weighted by atomic mass is 10.0. The van der Waals surface area contributed by atoms with Crippen LogP contribution in [-0.2, 0) is 0 Å². The van der Waals surface area contributed by atoms with Crippen LogP contribution in [0, 0.1) is 6.92 Å². The predicted molar refractivity (Wildman–Crippen MR) is 83.3 cm³/mol. The van der Waals surface area contributed by atoms with Crippen molar-refractivity contribution in [3.63, 3.8) is 0 Å². The highest BCUT2D eigenvalue weighted by atomic mass is 32.1. The molecule has 2 rings (SSSR count). The van der Waals surface area contributed by atoms with Crippen LogP contribution in [0.15, 0.2) is 12.2 Å². The standard InChI is InChI=1S/C14H24N4OS/c1-3-4-5-13(10-19)15-12-6-8-18(9-7-12)14-17-16-11(2)20-14/h3-4,12-13,15,19H,5-10H2,1-2H3/b4-3+. The van der Waals surface area contributed by atoms with Crippen molar-refractivity contribution >= 4 is 16.5 Å². The summed E-state index contributed by atoms with van der Waals surface area (Å²) in [6.45, 7) is 6.21. The summed E-state index contributed by atoms with van der Waals surface area (Å²) in [7, 11) is 0. The maximum atomic E-state index is 9.39. The van der Waals surface area contributed by atoms with Crippen LogP contribution in [0.1, 0.15) is 31.2 Å². The average molecular weight is 296 g/mol. The van der Waals surface area contributed by atoms with E-state index in [1.165, 1.54) is 0 Å². The Morgan fingerprint density at radius 2 is 2.20 bits per heavy atom. The second kappa shape index (κ2) is 7.71. The van der Waals surface area contributed by atoms with Crippen LogP contribution in [0.25, 0.3) is 0 Å². The molecule has 112 valence electrons. The second-order valence-electron chi connectivity index (χ2n) is 5.22. The van der Waals surface area contributed by atoms with Gasteiger partial charge in [0, 0.05) is 25.2 Å². The second-order valence-corrected chi connectivity index (χ2v) is 6.38. The van der Waals surface area contributed by atoms with Crippen molar-refractivity contribution in [1.29, 1.82) is 0 Å². The topological polar surface area (TPSA) is 61.3 Å². The van der Waals surface area contributed by atoms with Gasteiger partial charge in [0.15, 0.2) is 0 Å². The molecule has 1 aromatic rings. The zero-order chi connectivity index (χ0) is 14.4. The summed E-state index contributed by atoms with van der Waals surface area (Å²) in [6.07, 6.45) is 7.20. The van der Waals surface area contributed by atoms with E-state index in [9.17, 15) is 5.11 Å². The number of aryl methyl sites for hydroxylation is 1. The molecule has 0 spiro atoms. The number of aliphatic hydroxyl groups is 1. The average Bonchev–Trinajstić information content (AvgIpc) is 2.90. The molecule has 1 unspecified atom stereocenters. The van der Waals surface area contributed by atoms with Crippen molar-refractivity contribution in [2.45, 2.75) is 45.2 Å². The van der Waals surface area contributed by atoms with Gasteiger partial charge in [-0.1, -0.05) is 23.5 Å². The summed E-state index contributed by atoms with van der Waals surface area (Å²) in [5, 5.41) is 23.3. The van der Waals surface area contributed by atoms with Crippen LogP contribution >= 0.6 is 11.3 Å². The van der Waals surface area contributed by atoms with Crippen molar-refractivity contribution in [2.75, 3.05) is 24.6 Å². The van der Waals surface area contributed by atoms with Crippen molar-refractivity contribution < 1.29 is 5.11 Å².